The molecule has 0 unspecified atom stereocenters. The maximum absolute atomic E-state index is 13.0. The quantitative estimate of drug-likeness (QED) is 0.143. The number of ether oxygens (including phenoxy) is 4. The van der Waals surface area contributed by atoms with E-state index in [4.69, 9.17) is 39.1 Å². The summed E-state index contributed by atoms with van der Waals surface area (Å²) in [7, 11) is 0. The van der Waals surface area contributed by atoms with Gasteiger partial charge in [0.2, 0.25) is 0 Å². The normalized spacial score (nSPS) is 17.9. The summed E-state index contributed by atoms with van der Waals surface area (Å²) in [5, 5.41) is 39.1. The summed E-state index contributed by atoms with van der Waals surface area (Å²) in [5.74, 6) is 2.43. The lowest BCUT2D eigenvalue weighted by atomic mass is 9.99. The second kappa shape index (κ2) is 25.4. The van der Waals surface area contributed by atoms with Gasteiger partial charge < -0.3 is 64.1 Å². The van der Waals surface area contributed by atoms with Crippen molar-refractivity contribution in [3.05, 3.63) is 77.1 Å². The Hall–Kier alpha value is -7.05. The first kappa shape index (κ1) is 60.1. The van der Waals surface area contributed by atoms with Gasteiger partial charge in [-0.15, -0.1) is 0 Å². The number of nitrogens with one attached hydrogen (secondary N) is 1. The number of aliphatic hydroxyl groups is 2. The van der Waals surface area contributed by atoms with Crippen molar-refractivity contribution >= 4 is 47.2 Å². The predicted molar refractivity (Wildman–Crippen MR) is 299 cm³/mol. The number of likely N-dealkylation sites (tertiary alicyclic amines) is 2. The molecule has 24 heteroatoms. The molecule has 0 atom stereocenters. The second-order valence-corrected chi connectivity index (χ2v) is 24.5. The summed E-state index contributed by atoms with van der Waals surface area (Å²) in [5.41, 5.74) is 4.95. The van der Waals surface area contributed by atoms with E-state index in [-0.39, 0.29) is 50.2 Å². The highest BCUT2D eigenvalue weighted by atomic mass is 19.1. The standard InChI is InChI=1S/C20H22FN5O.C19H27N5O3.C9H15NO4.C9H17NO3/c21-15-1-3-16(4-2-15)27-13-14-11-25(12-14)20-17-5-8-22-9-6-18(17)24-19-7-10-23-26(19)20;1-19(2,3)27-18(26)22-8-5-14-15(6-9-22)21-16-4-7-20-24(16)17(14)23-10-13(11-23)12-25;1-9(2,3)14-8(13)10-4-6(5-10)7(11)12;1-9(2,3)13-8(12)10-4-7(5-10)6-11/h1-4,7,10,14,22H,5-6,8-9,11-13H2;4,7,13,25H,5-6,8-12H2,1-3H3;6H,4-5H2,1-3H3,(H,11,12);7,11H,4-6H2,1-3H3. The van der Waals surface area contributed by atoms with Crippen molar-refractivity contribution in [2.24, 2.45) is 23.7 Å². The van der Waals surface area contributed by atoms with Gasteiger partial charge in [-0.2, -0.15) is 19.2 Å². The van der Waals surface area contributed by atoms with Crippen LogP contribution in [0.1, 0.15) is 84.8 Å². The van der Waals surface area contributed by atoms with Crippen molar-refractivity contribution in [2.75, 3.05) is 108 Å². The Morgan fingerprint density at radius 3 is 1.53 bits per heavy atom. The van der Waals surface area contributed by atoms with Crippen LogP contribution in [0.2, 0.25) is 0 Å². The monoisotopic (exact) mass is 1130 g/mol. The number of aliphatic carboxylic acids is 1. The van der Waals surface area contributed by atoms with Gasteiger partial charge in [0, 0.05) is 139 Å². The molecule has 0 radical (unpaired) electrons. The van der Waals surface area contributed by atoms with Gasteiger partial charge in [-0.05, 0) is 106 Å². The molecule has 6 aliphatic rings. The molecule has 0 bridgehead atoms. The third kappa shape index (κ3) is 15.7. The number of nitrogens with zero attached hydrogens (tertiary/aromatic N) is 11. The Morgan fingerprint density at radius 1 is 0.580 bits per heavy atom. The van der Waals surface area contributed by atoms with E-state index in [1.54, 1.807) is 48.9 Å². The molecule has 1 aromatic carbocycles. The van der Waals surface area contributed by atoms with Crippen LogP contribution in [0, 0.1) is 29.5 Å². The number of halogens is 1. The maximum Gasteiger partial charge on any atom is 0.410 e. The lowest BCUT2D eigenvalue weighted by molar-refractivity contribution is -0.146. The van der Waals surface area contributed by atoms with Gasteiger partial charge in [-0.3, -0.25) is 4.79 Å². The van der Waals surface area contributed by atoms with Crippen LogP contribution in [0.15, 0.2) is 48.8 Å². The number of hydrogen-bond donors (Lipinski definition) is 4. The molecule has 81 heavy (non-hydrogen) atoms. The molecule has 0 saturated carbocycles. The zero-order valence-electron chi connectivity index (χ0n) is 48.3. The molecule has 23 nitrogen and oxygen atoms in total. The number of aliphatic hydroxyl groups excluding tert-OH is 2. The Labute approximate surface area is 472 Å². The highest BCUT2D eigenvalue weighted by Crippen LogP contribution is 2.34. The smallest absolute Gasteiger partial charge is 0.410 e. The summed E-state index contributed by atoms with van der Waals surface area (Å²) in [4.78, 5) is 64.6. The Bertz CT molecular complexity index is 2960. The average Bonchev–Trinajstić information content (AvgIpc) is 3.86. The zero-order valence-corrected chi connectivity index (χ0v) is 48.3. The molecule has 0 aliphatic carbocycles. The van der Waals surface area contributed by atoms with Crippen molar-refractivity contribution in [2.45, 2.75) is 105 Å². The van der Waals surface area contributed by atoms with E-state index in [9.17, 15) is 28.7 Å². The number of carboxylic acid groups (broad SMARTS) is 1. The van der Waals surface area contributed by atoms with E-state index in [1.165, 1.54) is 34.1 Å². The summed E-state index contributed by atoms with van der Waals surface area (Å²) < 4.78 is 38.4. The Morgan fingerprint density at radius 2 is 1.02 bits per heavy atom. The molecule has 10 heterocycles. The lowest BCUT2D eigenvalue weighted by Gasteiger charge is -2.41. The van der Waals surface area contributed by atoms with Crippen LogP contribution in [0.4, 0.5) is 30.4 Å². The molecule has 3 amide bonds. The number of carboxylic acids is 1. The Balaban J connectivity index is 0.000000150. The summed E-state index contributed by atoms with van der Waals surface area (Å²) >= 11 is 0. The van der Waals surface area contributed by atoms with Gasteiger partial charge >= 0.3 is 24.2 Å². The largest absolute Gasteiger partial charge is 0.493 e. The summed E-state index contributed by atoms with van der Waals surface area (Å²) in [6.45, 7) is 25.9. The summed E-state index contributed by atoms with van der Waals surface area (Å²) in [6, 6.07) is 10.1. The number of fused-ring (bicyclic) bond motifs is 4. The molecular weight excluding hydrogens is 1050 g/mol. The Kier molecular flexibility index (Phi) is 18.8. The van der Waals surface area contributed by atoms with E-state index in [0.29, 0.717) is 63.2 Å². The van der Waals surface area contributed by atoms with Gasteiger partial charge in [-0.25, -0.2) is 28.7 Å². The van der Waals surface area contributed by atoms with Crippen molar-refractivity contribution in [1.29, 1.82) is 0 Å². The minimum absolute atomic E-state index is 0.152. The highest BCUT2D eigenvalue weighted by molar-refractivity contribution is 5.77. The fraction of sp³-hybridized carbons (Fsp3) is 0.614. The van der Waals surface area contributed by atoms with Crippen LogP contribution in [0.5, 0.6) is 5.75 Å². The predicted octanol–water partition coefficient (Wildman–Crippen LogP) is 5.35. The number of carbonyl (C=O) groups excluding carboxylic acids is 3. The zero-order chi connectivity index (χ0) is 58.4. The molecule has 4 aromatic heterocycles. The summed E-state index contributed by atoms with van der Waals surface area (Å²) in [6.07, 6.45) is 5.93. The third-order valence-electron chi connectivity index (χ3n) is 14.2. The van der Waals surface area contributed by atoms with Gasteiger partial charge in [-0.1, -0.05) is 0 Å². The SMILES string of the molecule is CC(C)(C)OC(=O)N1CC(C(=O)O)C1.CC(C)(C)OC(=O)N1CC(CO)C1.CC(C)(C)OC(=O)N1CCc2nc3ccnn3c(N3CC(CO)C3)c2CC1.Fc1ccc(OCC2CN(c3c4c(nc5ccnn35)CCNCC4)C2)cc1. The van der Waals surface area contributed by atoms with E-state index < -0.39 is 34.8 Å². The van der Waals surface area contributed by atoms with E-state index >= 15 is 0 Å². The van der Waals surface area contributed by atoms with Gasteiger partial charge in [0.1, 0.15) is 40.0 Å². The number of benzene rings is 1. The van der Waals surface area contributed by atoms with E-state index in [0.717, 1.165) is 80.5 Å². The molecule has 11 rings (SSSR count). The van der Waals surface area contributed by atoms with Crippen LogP contribution in [0.3, 0.4) is 0 Å². The van der Waals surface area contributed by atoms with Crippen molar-refractivity contribution in [3.8, 4) is 5.75 Å². The minimum atomic E-state index is -0.857. The molecule has 4 fully saturated rings. The fourth-order valence-electron chi connectivity index (χ4n) is 9.97. The molecule has 6 aliphatic heterocycles. The van der Waals surface area contributed by atoms with Crippen molar-refractivity contribution < 1.29 is 57.8 Å². The first-order valence-electron chi connectivity index (χ1n) is 28.0. The molecular formula is C57H81FN12O11. The van der Waals surface area contributed by atoms with Crippen LogP contribution in [-0.4, -0.2) is 199 Å². The number of rotatable bonds is 8. The van der Waals surface area contributed by atoms with E-state index in [1.807, 2.05) is 68.9 Å². The van der Waals surface area contributed by atoms with Crippen molar-refractivity contribution in [1.82, 2.24) is 49.2 Å². The van der Waals surface area contributed by atoms with Crippen LogP contribution in [-0.2, 0) is 44.7 Å². The van der Waals surface area contributed by atoms with Crippen LogP contribution < -0.4 is 19.9 Å². The van der Waals surface area contributed by atoms with Crippen LogP contribution >= 0.6 is 0 Å². The van der Waals surface area contributed by atoms with Gasteiger partial charge in [0.15, 0.2) is 11.3 Å². The number of aromatic nitrogens is 6. The number of carbonyl (C=O) groups is 4. The number of hydrogen-bond acceptors (Lipinski definition) is 17. The topological polar surface area (TPSA) is 254 Å². The van der Waals surface area contributed by atoms with Gasteiger partial charge in [0.25, 0.3) is 0 Å². The number of anilines is 2. The minimum Gasteiger partial charge on any atom is -0.493 e. The first-order chi connectivity index (χ1) is 38.3. The molecule has 4 saturated heterocycles. The maximum atomic E-state index is 13.0. The first-order valence-corrected chi connectivity index (χ1v) is 28.0. The number of amides is 3. The molecule has 442 valence electrons. The molecule has 5 aromatic rings. The van der Waals surface area contributed by atoms with Crippen molar-refractivity contribution in [3.63, 3.8) is 0 Å². The lowest BCUT2D eigenvalue weighted by Crippen LogP contribution is -2.54. The third-order valence-corrected chi connectivity index (χ3v) is 14.2. The van der Waals surface area contributed by atoms with E-state index in [2.05, 4.69) is 25.3 Å². The highest BCUT2D eigenvalue weighted by Gasteiger charge is 2.39. The average molecular weight is 1130 g/mol. The second-order valence-electron chi connectivity index (χ2n) is 24.5. The molecule has 0 spiro atoms. The van der Waals surface area contributed by atoms with Crippen LogP contribution in [0.25, 0.3) is 11.3 Å². The van der Waals surface area contributed by atoms with Gasteiger partial charge in [0.05, 0.1) is 36.3 Å². The molecule has 4 N–H and O–H groups in total. The fourth-order valence-corrected chi connectivity index (χ4v) is 9.97.